The number of nitrogens with two attached hydrogens (primary N) is 1. The highest BCUT2D eigenvalue weighted by molar-refractivity contribution is 5.94. The molecule has 1 rings (SSSR count). The van der Waals surface area contributed by atoms with Crippen LogP contribution in [0.4, 0.5) is 11.4 Å². The first-order valence-corrected chi connectivity index (χ1v) is 4.31. The molecule has 80 valence electrons. The number of rotatable bonds is 3. The first-order valence-electron chi connectivity index (χ1n) is 4.31. The molecule has 6 heteroatoms. The minimum atomic E-state index is -0.649. The van der Waals surface area contributed by atoms with Crippen LogP contribution in [0.5, 0.6) is 0 Å². The Hall–Kier alpha value is -1.95. The molecular formula is C9H11N3O3. The van der Waals surface area contributed by atoms with E-state index in [0.29, 0.717) is 5.69 Å². The molecule has 0 bridgehead atoms. The average molecular weight is 209 g/mol. The summed E-state index contributed by atoms with van der Waals surface area (Å²) in [6.07, 6.45) is 0. The van der Waals surface area contributed by atoms with Gasteiger partial charge in [-0.1, -0.05) is 6.07 Å². The van der Waals surface area contributed by atoms with Gasteiger partial charge < -0.3 is 11.1 Å². The Labute approximate surface area is 86.2 Å². The fourth-order valence-corrected chi connectivity index (χ4v) is 0.953. The summed E-state index contributed by atoms with van der Waals surface area (Å²) in [5.41, 5.74) is 5.63. The normalized spacial score (nSPS) is 11.9. The van der Waals surface area contributed by atoms with E-state index in [1.54, 1.807) is 6.07 Å². The summed E-state index contributed by atoms with van der Waals surface area (Å²) in [6.45, 7) is 1.53. The second kappa shape index (κ2) is 4.52. The summed E-state index contributed by atoms with van der Waals surface area (Å²) in [7, 11) is 0. The van der Waals surface area contributed by atoms with Crippen LogP contribution in [0.3, 0.4) is 0 Å². The van der Waals surface area contributed by atoms with Gasteiger partial charge in [-0.2, -0.15) is 0 Å². The van der Waals surface area contributed by atoms with Gasteiger partial charge in [0.1, 0.15) is 0 Å². The van der Waals surface area contributed by atoms with E-state index in [4.69, 9.17) is 5.73 Å². The molecule has 0 aromatic heterocycles. The van der Waals surface area contributed by atoms with Crippen LogP contribution in [0.25, 0.3) is 0 Å². The van der Waals surface area contributed by atoms with Crippen molar-refractivity contribution in [1.29, 1.82) is 0 Å². The number of carbonyl (C=O) groups excluding carboxylic acids is 1. The lowest BCUT2D eigenvalue weighted by Gasteiger charge is -2.06. The molecule has 0 spiro atoms. The van der Waals surface area contributed by atoms with Crippen LogP contribution < -0.4 is 11.1 Å². The summed E-state index contributed by atoms with van der Waals surface area (Å²) in [4.78, 5) is 21.1. The number of non-ortho nitro benzene ring substituents is 1. The number of carbonyl (C=O) groups is 1. The number of nitrogens with one attached hydrogen (secondary N) is 1. The number of nitrogens with zero attached hydrogens (tertiary/aromatic N) is 1. The maximum Gasteiger partial charge on any atom is 0.271 e. The van der Waals surface area contributed by atoms with E-state index in [-0.39, 0.29) is 11.6 Å². The van der Waals surface area contributed by atoms with Gasteiger partial charge in [0.2, 0.25) is 5.91 Å². The second-order valence-corrected chi connectivity index (χ2v) is 3.09. The van der Waals surface area contributed by atoms with Crippen LogP contribution in [0.2, 0.25) is 0 Å². The topological polar surface area (TPSA) is 98.3 Å². The molecule has 6 nitrogen and oxygen atoms in total. The lowest BCUT2D eigenvalue weighted by atomic mass is 10.2. The van der Waals surface area contributed by atoms with Crippen molar-refractivity contribution in [2.75, 3.05) is 5.32 Å². The van der Waals surface area contributed by atoms with Crippen molar-refractivity contribution in [1.82, 2.24) is 0 Å². The van der Waals surface area contributed by atoms with Crippen molar-refractivity contribution in [2.24, 2.45) is 5.73 Å². The number of nitro groups is 1. The number of hydrogen-bond donors (Lipinski definition) is 2. The van der Waals surface area contributed by atoms with E-state index < -0.39 is 11.0 Å². The summed E-state index contributed by atoms with van der Waals surface area (Å²) in [5, 5.41) is 12.9. The van der Waals surface area contributed by atoms with Gasteiger partial charge in [0.15, 0.2) is 0 Å². The Bertz CT molecular complexity index is 390. The first-order chi connectivity index (χ1) is 7.00. The highest BCUT2D eigenvalue weighted by Crippen LogP contribution is 2.16. The summed E-state index contributed by atoms with van der Waals surface area (Å²) in [6, 6.07) is 5.04. The third-order valence-electron chi connectivity index (χ3n) is 1.74. The molecule has 0 radical (unpaired) electrons. The molecule has 0 unspecified atom stereocenters. The molecule has 1 aromatic carbocycles. The smallest absolute Gasteiger partial charge is 0.271 e. The van der Waals surface area contributed by atoms with Crippen molar-refractivity contribution >= 4 is 17.3 Å². The van der Waals surface area contributed by atoms with Gasteiger partial charge >= 0.3 is 0 Å². The first kappa shape index (κ1) is 11.1. The number of benzene rings is 1. The Morgan fingerprint density at radius 3 is 2.80 bits per heavy atom. The fraction of sp³-hybridized carbons (Fsp3) is 0.222. The lowest BCUT2D eigenvalue weighted by molar-refractivity contribution is -0.384. The number of anilines is 1. The minimum Gasteiger partial charge on any atom is -0.324 e. The van der Waals surface area contributed by atoms with Crippen LogP contribution in [0.15, 0.2) is 24.3 Å². The van der Waals surface area contributed by atoms with Crippen molar-refractivity contribution in [3.63, 3.8) is 0 Å². The fourth-order valence-electron chi connectivity index (χ4n) is 0.953. The molecule has 0 saturated carbocycles. The molecule has 0 saturated heterocycles. The molecule has 0 fully saturated rings. The van der Waals surface area contributed by atoms with Crippen LogP contribution in [-0.2, 0) is 4.79 Å². The molecule has 1 amide bonds. The third-order valence-corrected chi connectivity index (χ3v) is 1.74. The monoisotopic (exact) mass is 209 g/mol. The summed E-state index contributed by atoms with van der Waals surface area (Å²) < 4.78 is 0. The largest absolute Gasteiger partial charge is 0.324 e. The molecule has 3 N–H and O–H groups in total. The maximum atomic E-state index is 11.2. The Kier molecular flexibility index (Phi) is 3.35. The van der Waals surface area contributed by atoms with Gasteiger partial charge in [0.05, 0.1) is 11.0 Å². The second-order valence-electron chi connectivity index (χ2n) is 3.09. The Morgan fingerprint density at radius 1 is 1.60 bits per heavy atom. The molecule has 0 aliphatic carbocycles. The van der Waals surface area contributed by atoms with Gasteiger partial charge in [0, 0.05) is 17.8 Å². The number of nitro benzene ring substituents is 1. The van der Waals surface area contributed by atoms with Gasteiger partial charge in [-0.3, -0.25) is 14.9 Å². The zero-order valence-corrected chi connectivity index (χ0v) is 8.14. The molecule has 0 heterocycles. The quantitative estimate of drug-likeness (QED) is 0.570. The van der Waals surface area contributed by atoms with E-state index in [1.807, 2.05) is 0 Å². The standard InChI is InChI=1S/C9H11N3O3/c1-6(10)9(13)11-7-3-2-4-8(5-7)12(14)15/h2-6H,10H2,1H3,(H,11,13)/t6-/m1/s1. The van der Waals surface area contributed by atoms with E-state index in [0.717, 1.165) is 0 Å². The van der Waals surface area contributed by atoms with Crippen molar-refractivity contribution in [2.45, 2.75) is 13.0 Å². The Morgan fingerprint density at radius 2 is 2.27 bits per heavy atom. The van der Waals surface area contributed by atoms with Crippen molar-refractivity contribution in [3.8, 4) is 0 Å². The molecule has 1 atom stereocenters. The van der Waals surface area contributed by atoms with Crippen molar-refractivity contribution in [3.05, 3.63) is 34.4 Å². The predicted octanol–water partition coefficient (Wildman–Crippen LogP) is 0.880. The number of hydrogen-bond acceptors (Lipinski definition) is 4. The van der Waals surface area contributed by atoms with Gasteiger partial charge in [0.25, 0.3) is 5.69 Å². The highest BCUT2D eigenvalue weighted by atomic mass is 16.6. The van der Waals surface area contributed by atoms with Gasteiger partial charge in [-0.05, 0) is 13.0 Å². The van der Waals surface area contributed by atoms with Crippen molar-refractivity contribution < 1.29 is 9.72 Å². The molecular weight excluding hydrogens is 198 g/mol. The highest BCUT2D eigenvalue weighted by Gasteiger charge is 2.10. The van der Waals surface area contributed by atoms with Crippen LogP contribution in [-0.4, -0.2) is 16.9 Å². The van der Waals surface area contributed by atoms with Gasteiger partial charge in [-0.25, -0.2) is 0 Å². The predicted molar refractivity (Wildman–Crippen MR) is 55.4 cm³/mol. The van der Waals surface area contributed by atoms with E-state index in [2.05, 4.69) is 5.32 Å². The average Bonchev–Trinajstić information content (AvgIpc) is 2.18. The van der Waals surface area contributed by atoms with Crippen LogP contribution in [0.1, 0.15) is 6.92 Å². The molecule has 1 aromatic rings. The van der Waals surface area contributed by atoms with Crippen LogP contribution >= 0.6 is 0 Å². The van der Waals surface area contributed by atoms with Gasteiger partial charge in [-0.15, -0.1) is 0 Å². The lowest BCUT2D eigenvalue weighted by Crippen LogP contribution is -2.32. The third kappa shape index (κ3) is 3.03. The molecule has 0 aliphatic heterocycles. The van der Waals surface area contributed by atoms with E-state index >= 15 is 0 Å². The summed E-state index contributed by atoms with van der Waals surface area (Å²) >= 11 is 0. The maximum absolute atomic E-state index is 11.2. The van der Waals surface area contributed by atoms with E-state index in [1.165, 1.54) is 25.1 Å². The zero-order valence-electron chi connectivity index (χ0n) is 8.14. The minimum absolute atomic E-state index is 0.0718. The van der Waals surface area contributed by atoms with Crippen LogP contribution in [0, 0.1) is 10.1 Å². The molecule has 0 aliphatic rings. The summed E-state index contributed by atoms with van der Waals surface area (Å²) in [5.74, 6) is -0.379. The Balaban J connectivity index is 2.83. The van der Waals surface area contributed by atoms with E-state index in [9.17, 15) is 14.9 Å². The number of amides is 1. The zero-order chi connectivity index (χ0) is 11.4. The SMILES string of the molecule is C[C@@H](N)C(=O)Nc1cccc([N+](=O)[O-])c1. The molecule has 15 heavy (non-hydrogen) atoms.